The first-order valence-electron chi connectivity index (χ1n) is 9.68. The Morgan fingerprint density at radius 1 is 1.15 bits per heavy atom. The van der Waals surface area contributed by atoms with Crippen molar-refractivity contribution in [1.29, 1.82) is 0 Å². The second kappa shape index (κ2) is 6.09. The lowest BCUT2D eigenvalue weighted by Gasteiger charge is -2.26. The molecule has 0 radical (unpaired) electrons. The van der Waals surface area contributed by atoms with Gasteiger partial charge < -0.3 is 14.8 Å². The van der Waals surface area contributed by atoms with E-state index in [1.807, 2.05) is 6.20 Å². The molecule has 1 N–H and O–H groups in total. The lowest BCUT2D eigenvalue weighted by molar-refractivity contribution is 0.310. The van der Waals surface area contributed by atoms with E-state index >= 15 is 0 Å². The van der Waals surface area contributed by atoms with E-state index in [-0.39, 0.29) is 5.41 Å². The summed E-state index contributed by atoms with van der Waals surface area (Å²) in [4.78, 5) is 17.3. The number of para-hydroxylation sites is 1. The van der Waals surface area contributed by atoms with E-state index in [4.69, 9.17) is 0 Å². The van der Waals surface area contributed by atoms with Gasteiger partial charge >= 0.3 is 0 Å². The summed E-state index contributed by atoms with van der Waals surface area (Å²) in [6.07, 6.45) is 7.40. The molecular formula is C21H25N5. The van der Waals surface area contributed by atoms with Gasteiger partial charge in [0, 0.05) is 30.4 Å². The van der Waals surface area contributed by atoms with Gasteiger partial charge in [0.15, 0.2) is 0 Å². The van der Waals surface area contributed by atoms with Crippen LogP contribution in [0.3, 0.4) is 0 Å². The minimum atomic E-state index is 0.220. The molecule has 1 spiro atoms. The summed E-state index contributed by atoms with van der Waals surface area (Å²) in [7, 11) is 0. The van der Waals surface area contributed by atoms with E-state index in [0.717, 1.165) is 29.9 Å². The van der Waals surface area contributed by atoms with Crippen LogP contribution < -0.4 is 4.90 Å². The van der Waals surface area contributed by atoms with Crippen molar-refractivity contribution in [2.45, 2.75) is 31.6 Å². The van der Waals surface area contributed by atoms with Crippen LogP contribution in [0.25, 0.3) is 11.0 Å². The molecule has 134 valence electrons. The van der Waals surface area contributed by atoms with Gasteiger partial charge in [-0.2, -0.15) is 0 Å². The summed E-state index contributed by atoms with van der Waals surface area (Å²) in [6.45, 7) is 6.85. The van der Waals surface area contributed by atoms with Gasteiger partial charge in [0.2, 0.25) is 0 Å². The lowest BCUT2D eigenvalue weighted by atomic mass is 9.81. The molecule has 1 saturated heterocycles. The SMILES string of the molecule is CCCCN1CCC2(C1)CN(c1ncnc3[nH]ccc13)c1ccccc12. The number of fused-ring (bicyclic) bond motifs is 3. The Morgan fingerprint density at radius 3 is 3.00 bits per heavy atom. The Hall–Kier alpha value is -2.40. The summed E-state index contributed by atoms with van der Waals surface area (Å²) in [5.74, 6) is 1.02. The minimum absolute atomic E-state index is 0.220. The monoisotopic (exact) mass is 347 g/mol. The van der Waals surface area contributed by atoms with Gasteiger partial charge in [-0.25, -0.2) is 9.97 Å². The molecule has 2 aliphatic rings. The standard InChI is InChI=1S/C21H25N5/c1-2-3-11-25-12-9-21(13-25)14-26(18-7-5-4-6-17(18)21)20-16-8-10-22-19(16)23-15-24-20/h4-8,10,15H,2-3,9,11-14H2,1H3,(H,22,23,24). The molecule has 1 atom stereocenters. The summed E-state index contributed by atoms with van der Waals surface area (Å²) in [5.41, 5.74) is 3.93. The first-order chi connectivity index (χ1) is 12.8. The highest BCUT2D eigenvalue weighted by Gasteiger charge is 2.47. The zero-order valence-corrected chi connectivity index (χ0v) is 15.3. The molecule has 1 fully saturated rings. The fourth-order valence-corrected chi connectivity index (χ4v) is 4.77. The van der Waals surface area contributed by atoms with Crippen LogP contribution >= 0.6 is 0 Å². The van der Waals surface area contributed by atoms with E-state index in [2.05, 4.69) is 62.0 Å². The molecule has 1 aromatic carbocycles. The largest absolute Gasteiger partial charge is 0.346 e. The van der Waals surface area contributed by atoms with Crippen molar-refractivity contribution in [1.82, 2.24) is 19.9 Å². The third-order valence-corrected chi connectivity index (χ3v) is 6.08. The van der Waals surface area contributed by atoms with Crippen molar-refractivity contribution in [2.24, 2.45) is 0 Å². The number of hydrogen-bond acceptors (Lipinski definition) is 4. The molecule has 1 unspecified atom stereocenters. The van der Waals surface area contributed by atoms with E-state index in [1.54, 1.807) is 6.33 Å². The highest BCUT2D eigenvalue weighted by molar-refractivity contribution is 5.91. The number of nitrogens with one attached hydrogen (secondary N) is 1. The average molecular weight is 347 g/mol. The number of anilines is 2. The molecule has 5 rings (SSSR count). The van der Waals surface area contributed by atoms with Crippen LogP contribution in [0, 0.1) is 0 Å². The van der Waals surface area contributed by atoms with Crippen molar-refractivity contribution in [3.05, 3.63) is 48.4 Å². The highest BCUT2D eigenvalue weighted by atomic mass is 15.3. The minimum Gasteiger partial charge on any atom is -0.346 e. The van der Waals surface area contributed by atoms with Crippen LogP contribution in [-0.2, 0) is 5.41 Å². The van der Waals surface area contributed by atoms with Gasteiger partial charge in [0.25, 0.3) is 0 Å². The Kier molecular flexibility index (Phi) is 3.71. The van der Waals surface area contributed by atoms with E-state index in [1.165, 1.54) is 43.6 Å². The van der Waals surface area contributed by atoms with Crippen molar-refractivity contribution >= 4 is 22.5 Å². The number of nitrogens with zero attached hydrogens (tertiary/aromatic N) is 4. The number of rotatable bonds is 4. The van der Waals surface area contributed by atoms with Gasteiger partial charge in [-0.3, -0.25) is 0 Å². The number of H-pyrrole nitrogens is 1. The van der Waals surface area contributed by atoms with Crippen LogP contribution in [0.1, 0.15) is 31.7 Å². The van der Waals surface area contributed by atoms with Crippen LogP contribution in [0.15, 0.2) is 42.9 Å². The van der Waals surface area contributed by atoms with Gasteiger partial charge in [0.1, 0.15) is 17.8 Å². The van der Waals surface area contributed by atoms with Gasteiger partial charge in [-0.1, -0.05) is 31.5 Å². The molecule has 0 amide bonds. The Balaban J connectivity index is 1.55. The topological polar surface area (TPSA) is 48.1 Å². The Bertz CT molecular complexity index is 933. The first-order valence-corrected chi connectivity index (χ1v) is 9.68. The van der Waals surface area contributed by atoms with Gasteiger partial charge in [0.05, 0.1) is 5.39 Å². The van der Waals surface area contributed by atoms with Crippen LogP contribution in [0.2, 0.25) is 0 Å². The second-order valence-corrected chi connectivity index (χ2v) is 7.70. The van der Waals surface area contributed by atoms with Crippen molar-refractivity contribution in [3.63, 3.8) is 0 Å². The molecular weight excluding hydrogens is 322 g/mol. The summed E-state index contributed by atoms with van der Waals surface area (Å²) in [5, 5.41) is 1.10. The molecule has 0 saturated carbocycles. The van der Waals surface area contributed by atoms with Crippen LogP contribution in [0.5, 0.6) is 0 Å². The van der Waals surface area contributed by atoms with Crippen LogP contribution in [-0.4, -0.2) is 46.0 Å². The quantitative estimate of drug-likeness (QED) is 0.779. The van der Waals surface area contributed by atoms with E-state index < -0.39 is 0 Å². The normalized spacial score (nSPS) is 22.6. The van der Waals surface area contributed by atoms with Crippen molar-refractivity contribution in [2.75, 3.05) is 31.1 Å². The van der Waals surface area contributed by atoms with Crippen molar-refractivity contribution in [3.8, 4) is 0 Å². The molecule has 0 aliphatic carbocycles. The smallest absolute Gasteiger partial charge is 0.145 e. The predicted molar refractivity (Wildman–Crippen MR) is 105 cm³/mol. The molecule has 4 heterocycles. The molecule has 26 heavy (non-hydrogen) atoms. The molecule has 2 aromatic heterocycles. The maximum atomic E-state index is 4.66. The Morgan fingerprint density at radius 2 is 2.08 bits per heavy atom. The molecule has 3 aromatic rings. The summed E-state index contributed by atoms with van der Waals surface area (Å²) >= 11 is 0. The maximum Gasteiger partial charge on any atom is 0.145 e. The Labute approximate surface area is 154 Å². The number of aromatic nitrogens is 3. The molecule has 0 bridgehead atoms. The van der Waals surface area contributed by atoms with E-state index in [0.29, 0.717) is 0 Å². The number of hydrogen-bond donors (Lipinski definition) is 1. The van der Waals surface area contributed by atoms with Gasteiger partial charge in [-0.15, -0.1) is 0 Å². The number of aromatic amines is 1. The molecule has 5 nitrogen and oxygen atoms in total. The number of benzene rings is 1. The number of likely N-dealkylation sites (tertiary alicyclic amines) is 1. The van der Waals surface area contributed by atoms with Gasteiger partial charge in [-0.05, 0) is 43.6 Å². The highest BCUT2D eigenvalue weighted by Crippen LogP contribution is 2.49. The third-order valence-electron chi connectivity index (χ3n) is 6.08. The average Bonchev–Trinajstić information content (AvgIpc) is 3.39. The number of unbranched alkanes of at least 4 members (excludes halogenated alkanes) is 1. The first kappa shape index (κ1) is 15.8. The fraction of sp³-hybridized carbons (Fsp3) is 0.429. The third kappa shape index (κ3) is 2.34. The summed E-state index contributed by atoms with van der Waals surface area (Å²) < 4.78 is 0. The van der Waals surface area contributed by atoms with Crippen molar-refractivity contribution < 1.29 is 0 Å². The second-order valence-electron chi connectivity index (χ2n) is 7.70. The maximum absolute atomic E-state index is 4.66. The lowest BCUT2D eigenvalue weighted by Crippen LogP contribution is -2.35. The fourth-order valence-electron chi connectivity index (χ4n) is 4.77. The zero-order valence-electron chi connectivity index (χ0n) is 15.3. The zero-order chi connectivity index (χ0) is 17.6. The predicted octanol–water partition coefficient (Wildman–Crippen LogP) is 3.85. The molecule has 5 heteroatoms. The van der Waals surface area contributed by atoms with E-state index in [9.17, 15) is 0 Å². The van der Waals surface area contributed by atoms with Crippen LogP contribution in [0.4, 0.5) is 11.5 Å². The summed E-state index contributed by atoms with van der Waals surface area (Å²) in [6, 6.07) is 11.0. The molecule has 2 aliphatic heterocycles.